The van der Waals surface area contributed by atoms with Crippen molar-refractivity contribution in [2.75, 3.05) is 0 Å². The van der Waals surface area contributed by atoms with Crippen LogP contribution in [0.1, 0.15) is 12.5 Å². The van der Waals surface area contributed by atoms with E-state index in [9.17, 15) is 9.90 Å². The van der Waals surface area contributed by atoms with Crippen molar-refractivity contribution in [1.82, 2.24) is 0 Å². The highest BCUT2D eigenvalue weighted by atomic mass is 16.4. The van der Waals surface area contributed by atoms with Crippen LogP contribution in [0, 0.1) is 0 Å². The molecule has 0 unspecified atom stereocenters. The molecule has 0 aliphatic carbocycles. The summed E-state index contributed by atoms with van der Waals surface area (Å²) in [4.78, 5) is 10.7. The first-order chi connectivity index (χ1) is 8.08. The van der Waals surface area contributed by atoms with Gasteiger partial charge in [-0.2, -0.15) is 0 Å². The molecule has 1 N–H and O–H groups in total. The highest BCUT2D eigenvalue weighted by molar-refractivity contribution is 5.94. The molecule has 0 aliphatic rings. The lowest BCUT2D eigenvalue weighted by molar-refractivity contribution is -0.268. The van der Waals surface area contributed by atoms with Gasteiger partial charge >= 0.3 is 5.97 Å². The monoisotopic (exact) mass is 227 g/mol. The summed E-state index contributed by atoms with van der Waals surface area (Å²) >= 11 is 0. The number of carboxylic acids is 1. The average Bonchev–Trinajstić information content (AvgIpc) is 2.29. The topological polar surface area (TPSA) is 60.4 Å². The molecule has 3 heteroatoms. The van der Waals surface area contributed by atoms with Crippen molar-refractivity contribution in [3.63, 3.8) is 0 Å². The summed E-state index contributed by atoms with van der Waals surface area (Å²) in [5.74, 6) is -1.18. The van der Waals surface area contributed by atoms with E-state index in [1.165, 1.54) is 19.1 Å². The summed E-state index contributed by atoms with van der Waals surface area (Å²) in [5, 5.41) is 22.3. The molecule has 2 rings (SSSR count). The van der Waals surface area contributed by atoms with Crippen LogP contribution in [0.25, 0.3) is 16.8 Å². The molecule has 0 radical (unpaired) electrons. The van der Waals surface area contributed by atoms with E-state index in [-0.39, 0.29) is 11.3 Å². The van der Waals surface area contributed by atoms with Crippen LogP contribution in [0.4, 0.5) is 0 Å². The molecule has 2 aromatic rings. The number of hydrogen-bond donors (Lipinski definition) is 1. The molecule has 17 heavy (non-hydrogen) atoms. The largest absolute Gasteiger partial charge is 0.872 e. The van der Waals surface area contributed by atoms with E-state index in [4.69, 9.17) is 5.11 Å². The Morgan fingerprint density at radius 2 is 1.82 bits per heavy atom. The Kier molecular flexibility index (Phi) is 2.83. The molecule has 0 saturated heterocycles. The molecular formula is C14H11O3-. The van der Waals surface area contributed by atoms with Crippen molar-refractivity contribution < 1.29 is 15.0 Å². The molecule has 0 bridgehead atoms. The normalized spacial score (nSPS) is 11.7. The lowest BCUT2D eigenvalue weighted by atomic mass is 10.0. The Balaban J connectivity index is 2.59. The fraction of sp³-hybridized carbons (Fsp3) is 0.0714. The van der Waals surface area contributed by atoms with Crippen LogP contribution in [0.2, 0.25) is 0 Å². The van der Waals surface area contributed by atoms with Crippen molar-refractivity contribution in [2.24, 2.45) is 0 Å². The predicted octanol–water partition coefficient (Wildman–Crippen LogP) is 2.40. The van der Waals surface area contributed by atoms with Crippen LogP contribution >= 0.6 is 0 Å². The van der Waals surface area contributed by atoms with Crippen LogP contribution in [0.3, 0.4) is 0 Å². The molecule has 0 heterocycles. The van der Waals surface area contributed by atoms with Crippen LogP contribution < -0.4 is 5.11 Å². The van der Waals surface area contributed by atoms with Crippen molar-refractivity contribution in [3.8, 4) is 5.75 Å². The van der Waals surface area contributed by atoms with Crippen LogP contribution in [-0.4, -0.2) is 11.1 Å². The van der Waals surface area contributed by atoms with E-state index in [0.29, 0.717) is 5.56 Å². The van der Waals surface area contributed by atoms with Gasteiger partial charge in [-0.1, -0.05) is 30.3 Å². The molecule has 0 fully saturated rings. The smallest absolute Gasteiger partial charge is 0.331 e. The first-order valence-corrected chi connectivity index (χ1v) is 5.19. The zero-order valence-electron chi connectivity index (χ0n) is 9.31. The van der Waals surface area contributed by atoms with Crippen molar-refractivity contribution in [2.45, 2.75) is 6.92 Å². The Labute approximate surface area is 98.6 Å². The summed E-state index contributed by atoms with van der Waals surface area (Å²) in [5.41, 5.74) is 0.556. The lowest BCUT2D eigenvalue weighted by Crippen LogP contribution is -1.98. The van der Waals surface area contributed by atoms with Gasteiger partial charge in [0.05, 0.1) is 0 Å². The first-order valence-electron chi connectivity index (χ1n) is 5.19. The first kappa shape index (κ1) is 11.2. The molecule has 0 atom stereocenters. The van der Waals surface area contributed by atoms with E-state index in [1.54, 1.807) is 6.07 Å². The van der Waals surface area contributed by atoms with Crippen molar-refractivity contribution in [3.05, 3.63) is 47.5 Å². The molecule has 0 spiro atoms. The standard InChI is InChI=1S/C14H12O3/c1-9(14(16)17)6-12-7-10-4-2-3-5-11(10)8-13(12)15/h2-8,15H,1H3,(H,16,17)/p-1/b9-6+. The Hall–Kier alpha value is -2.29. The highest BCUT2D eigenvalue weighted by Gasteiger charge is 2.01. The van der Waals surface area contributed by atoms with Crippen LogP contribution in [0.5, 0.6) is 5.75 Å². The second-order valence-corrected chi connectivity index (χ2v) is 3.87. The molecule has 0 aliphatic heterocycles. The predicted molar refractivity (Wildman–Crippen MR) is 64.7 cm³/mol. The van der Waals surface area contributed by atoms with Gasteiger partial charge in [0.15, 0.2) is 0 Å². The maximum absolute atomic E-state index is 11.8. The van der Waals surface area contributed by atoms with Gasteiger partial charge in [-0.15, -0.1) is 5.75 Å². The van der Waals surface area contributed by atoms with Gasteiger partial charge in [-0.3, -0.25) is 0 Å². The average molecular weight is 227 g/mol. The number of rotatable bonds is 2. The maximum atomic E-state index is 11.8. The Morgan fingerprint density at radius 3 is 2.41 bits per heavy atom. The molecule has 2 aromatic carbocycles. The van der Waals surface area contributed by atoms with Gasteiger partial charge < -0.3 is 10.2 Å². The van der Waals surface area contributed by atoms with E-state index in [0.717, 1.165) is 10.8 Å². The number of fused-ring (bicyclic) bond motifs is 1. The summed E-state index contributed by atoms with van der Waals surface area (Å²) in [6.45, 7) is 1.47. The Morgan fingerprint density at radius 1 is 1.24 bits per heavy atom. The van der Waals surface area contributed by atoms with Gasteiger partial charge in [0, 0.05) is 5.57 Å². The Bertz CT molecular complexity index is 612. The van der Waals surface area contributed by atoms with Gasteiger partial charge in [-0.25, -0.2) is 4.79 Å². The molecule has 0 amide bonds. The van der Waals surface area contributed by atoms with E-state index in [2.05, 4.69) is 0 Å². The summed E-state index contributed by atoms with van der Waals surface area (Å²) in [7, 11) is 0. The summed E-state index contributed by atoms with van der Waals surface area (Å²) in [6.07, 6.45) is 1.40. The van der Waals surface area contributed by atoms with E-state index in [1.807, 2.05) is 24.3 Å². The molecule has 0 saturated carbocycles. The fourth-order valence-electron chi connectivity index (χ4n) is 1.64. The highest BCUT2D eigenvalue weighted by Crippen LogP contribution is 2.24. The number of carboxylic acid groups (broad SMARTS) is 1. The minimum Gasteiger partial charge on any atom is -0.872 e. The van der Waals surface area contributed by atoms with Gasteiger partial charge in [0.2, 0.25) is 0 Å². The molecule has 3 nitrogen and oxygen atoms in total. The summed E-state index contributed by atoms with van der Waals surface area (Å²) in [6, 6.07) is 10.7. The van der Waals surface area contributed by atoms with E-state index >= 15 is 0 Å². The minimum atomic E-state index is -1.02. The second kappa shape index (κ2) is 4.29. The quantitative estimate of drug-likeness (QED) is 0.801. The summed E-state index contributed by atoms with van der Waals surface area (Å²) < 4.78 is 0. The second-order valence-electron chi connectivity index (χ2n) is 3.87. The van der Waals surface area contributed by atoms with Gasteiger partial charge in [-0.05, 0) is 35.4 Å². The number of aliphatic carboxylic acids is 1. The third-order valence-electron chi connectivity index (χ3n) is 2.59. The SMILES string of the molecule is C/C(=C\c1cc2ccccc2cc1[O-])C(=O)O. The molecular weight excluding hydrogens is 216 g/mol. The van der Waals surface area contributed by atoms with Crippen molar-refractivity contribution >= 4 is 22.8 Å². The number of benzene rings is 2. The van der Waals surface area contributed by atoms with Crippen LogP contribution in [0.15, 0.2) is 42.0 Å². The number of hydrogen-bond acceptors (Lipinski definition) is 2. The van der Waals surface area contributed by atoms with Gasteiger partial charge in [0.1, 0.15) is 0 Å². The number of carbonyl (C=O) groups is 1. The lowest BCUT2D eigenvalue weighted by Gasteiger charge is -2.12. The van der Waals surface area contributed by atoms with Gasteiger partial charge in [0.25, 0.3) is 0 Å². The molecule has 0 aromatic heterocycles. The third kappa shape index (κ3) is 2.28. The maximum Gasteiger partial charge on any atom is 0.331 e. The van der Waals surface area contributed by atoms with Crippen molar-refractivity contribution in [1.29, 1.82) is 0 Å². The fourth-order valence-corrected chi connectivity index (χ4v) is 1.64. The third-order valence-corrected chi connectivity index (χ3v) is 2.59. The zero-order chi connectivity index (χ0) is 12.4. The zero-order valence-corrected chi connectivity index (χ0v) is 9.31. The van der Waals surface area contributed by atoms with Crippen LogP contribution in [-0.2, 0) is 4.79 Å². The minimum absolute atomic E-state index is 0.150. The van der Waals surface area contributed by atoms with E-state index < -0.39 is 5.97 Å². The molecule has 86 valence electrons.